The van der Waals surface area contributed by atoms with Crippen LogP contribution < -0.4 is 5.32 Å². The molecule has 0 aliphatic heterocycles. The molecule has 0 radical (unpaired) electrons. The van der Waals surface area contributed by atoms with Gasteiger partial charge in [-0.2, -0.15) is 0 Å². The molecule has 1 rings (SSSR count). The number of hydrogen-bond acceptors (Lipinski definition) is 4. The molecule has 0 amide bonds. The van der Waals surface area contributed by atoms with E-state index >= 15 is 0 Å². The largest absolute Gasteiger partial charge is 0.369 e. The van der Waals surface area contributed by atoms with E-state index in [0.717, 1.165) is 0 Å². The maximum atomic E-state index is 10.9. The van der Waals surface area contributed by atoms with Gasteiger partial charge in [-0.3, -0.25) is 0 Å². The van der Waals surface area contributed by atoms with Crippen LogP contribution in [0.5, 0.6) is 0 Å². The molecular formula is C9H12Cl2N2O2S. The van der Waals surface area contributed by atoms with Crippen LogP contribution in [0.3, 0.4) is 0 Å². The average molecular weight is 283 g/mol. The smallest absolute Gasteiger partial charge is 0.147 e. The zero-order valence-electron chi connectivity index (χ0n) is 8.70. The summed E-state index contributed by atoms with van der Waals surface area (Å²) in [5, 5.41) is 3.83. The van der Waals surface area contributed by atoms with Gasteiger partial charge in [-0.25, -0.2) is 13.4 Å². The topological polar surface area (TPSA) is 59.1 Å². The van der Waals surface area contributed by atoms with E-state index in [9.17, 15) is 8.42 Å². The zero-order valence-corrected chi connectivity index (χ0v) is 11.0. The first-order valence-corrected chi connectivity index (χ1v) is 7.43. The fraction of sp³-hybridized carbons (Fsp3) is 0.444. The number of rotatable bonds is 5. The molecule has 0 fully saturated rings. The number of pyridine rings is 1. The first-order chi connectivity index (χ1) is 7.38. The average Bonchev–Trinajstić information content (AvgIpc) is 2.13. The van der Waals surface area contributed by atoms with Crippen LogP contribution in [0, 0.1) is 0 Å². The molecular weight excluding hydrogens is 271 g/mol. The normalized spacial score (nSPS) is 11.4. The molecule has 90 valence electrons. The number of nitrogens with one attached hydrogen (secondary N) is 1. The maximum Gasteiger partial charge on any atom is 0.147 e. The summed E-state index contributed by atoms with van der Waals surface area (Å²) in [5.41, 5.74) is 0. The number of nitrogens with zero attached hydrogens (tertiary/aromatic N) is 1. The van der Waals surface area contributed by atoms with Crippen LogP contribution in [0.2, 0.25) is 10.0 Å². The van der Waals surface area contributed by atoms with Gasteiger partial charge in [-0.05, 0) is 12.5 Å². The number of hydrogen-bond donors (Lipinski definition) is 1. The van der Waals surface area contributed by atoms with Gasteiger partial charge in [0.25, 0.3) is 0 Å². The third kappa shape index (κ3) is 5.01. The van der Waals surface area contributed by atoms with Crippen molar-refractivity contribution >= 4 is 38.9 Å². The molecule has 0 spiro atoms. The van der Waals surface area contributed by atoms with Crippen molar-refractivity contribution in [1.82, 2.24) is 4.98 Å². The summed E-state index contributed by atoms with van der Waals surface area (Å²) >= 11 is 11.6. The number of halogens is 2. The molecule has 0 aromatic carbocycles. The van der Waals surface area contributed by atoms with Crippen LogP contribution >= 0.6 is 23.2 Å². The lowest BCUT2D eigenvalue weighted by Crippen LogP contribution is -2.10. The molecule has 0 aliphatic carbocycles. The highest BCUT2D eigenvalue weighted by Crippen LogP contribution is 2.22. The van der Waals surface area contributed by atoms with Gasteiger partial charge in [0, 0.05) is 19.0 Å². The molecule has 0 unspecified atom stereocenters. The van der Waals surface area contributed by atoms with Crippen molar-refractivity contribution in [2.45, 2.75) is 6.42 Å². The Morgan fingerprint density at radius 3 is 2.69 bits per heavy atom. The molecule has 0 saturated carbocycles. The minimum absolute atomic E-state index is 0.144. The fourth-order valence-corrected chi connectivity index (χ4v) is 2.20. The van der Waals surface area contributed by atoms with Gasteiger partial charge in [-0.1, -0.05) is 23.2 Å². The highest BCUT2D eigenvalue weighted by Gasteiger charge is 2.04. The molecule has 7 heteroatoms. The third-order valence-corrected chi connectivity index (χ3v) is 3.32. The van der Waals surface area contributed by atoms with Crippen LogP contribution in [0.25, 0.3) is 0 Å². The van der Waals surface area contributed by atoms with E-state index in [2.05, 4.69) is 10.3 Å². The summed E-state index contributed by atoms with van der Waals surface area (Å²) in [6.45, 7) is 0.501. The van der Waals surface area contributed by atoms with Crippen molar-refractivity contribution in [3.8, 4) is 0 Å². The number of sulfone groups is 1. The minimum atomic E-state index is -2.91. The van der Waals surface area contributed by atoms with Crippen molar-refractivity contribution < 1.29 is 8.42 Å². The summed E-state index contributed by atoms with van der Waals surface area (Å²) in [7, 11) is -2.91. The Kier molecular flexibility index (Phi) is 4.83. The van der Waals surface area contributed by atoms with Gasteiger partial charge in [0.1, 0.15) is 15.7 Å². The van der Waals surface area contributed by atoms with E-state index in [0.29, 0.717) is 28.8 Å². The predicted molar refractivity (Wildman–Crippen MR) is 67.1 cm³/mol. The van der Waals surface area contributed by atoms with Crippen molar-refractivity contribution in [1.29, 1.82) is 0 Å². The van der Waals surface area contributed by atoms with E-state index in [1.807, 2.05) is 0 Å². The monoisotopic (exact) mass is 282 g/mol. The first kappa shape index (κ1) is 13.5. The standard InChI is InChI=1S/C9H12Cl2N2O2S/c1-16(14,15)4-2-3-12-9-8(11)5-7(10)6-13-9/h5-6H,2-4H2,1H3,(H,12,13). The van der Waals surface area contributed by atoms with Crippen molar-refractivity contribution in [3.05, 3.63) is 22.3 Å². The van der Waals surface area contributed by atoms with E-state index < -0.39 is 9.84 Å². The summed E-state index contributed by atoms with van der Waals surface area (Å²) in [6, 6.07) is 1.58. The molecule has 16 heavy (non-hydrogen) atoms. The lowest BCUT2D eigenvalue weighted by atomic mass is 10.4. The summed E-state index contributed by atoms with van der Waals surface area (Å²) in [6.07, 6.45) is 3.20. The van der Waals surface area contributed by atoms with E-state index in [-0.39, 0.29) is 5.75 Å². The second kappa shape index (κ2) is 5.70. The Morgan fingerprint density at radius 1 is 1.44 bits per heavy atom. The zero-order chi connectivity index (χ0) is 12.2. The summed E-state index contributed by atoms with van der Waals surface area (Å²) in [5.74, 6) is 0.658. The van der Waals surface area contributed by atoms with E-state index in [1.165, 1.54) is 12.5 Å². The lowest BCUT2D eigenvalue weighted by Gasteiger charge is -2.06. The molecule has 1 heterocycles. The molecule has 0 bridgehead atoms. The molecule has 1 N–H and O–H groups in total. The van der Waals surface area contributed by atoms with Crippen molar-refractivity contribution in [3.63, 3.8) is 0 Å². The van der Waals surface area contributed by atoms with Gasteiger partial charge in [0.05, 0.1) is 15.8 Å². The van der Waals surface area contributed by atoms with Crippen molar-refractivity contribution in [2.24, 2.45) is 0 Å². The lowest BCUT2D eigenvalue weighted by molar-refractivity contribution is 0.600. The Labute approximate surface area is 105 Å². The molecule has 1 aromatic heterocycles. The second-order valence-electron chi connectivity index (χ2n) is 3.39. The maximum absolute atomic E-state index is 10.9. The molecule has 4 nitrogen and oxygen atoms in total. The molecule has 1 aromatic rings. The quantitative estimate of drug-likeness (QED) is 0.842. The SMILES string of the molecule is CS(=O)(=O)CCCNc1ncc(Cl)cc1Cl. The first-order valence-electron chi connectivity index (χ1n) is 4.61. The highest BCUT2D eigenvalue weighted by atomic mass is 35.5. The van der Waals surface area contributed by atoms with Crippen LogP contribution in [0.1, 0.15) is 6.42 Å². The predicted octanol–water partition coefficient (Wildman–Crippen LogP) is 2.24. The Bertz CT molecular complexity index is 463. The number of anilines is 1. The molecule has 0 atom stereocenters. The van der Waals surface area contributed by atoms with Gasteiger partial charge < -0.3 is 5.32 Å². The van der Waals surface area contributed by atoms with Gasteiger partial charge in [0.2, 0.25) is 0 Å². The third-order valence-electron chi connectivity index (χ3n) is 1.79. The van der Waals surface area contributed by atoms with Gasteiger partial charge in [0.15, 0.2) is 0 Å². The Balaban J connectivity index is 2.43. The van der Waals surface area contributed by atoms with Crippen LogP contribution in [-0.4, -0.2) is 32.0 Å². The summed E-state index contributed by atoms with van der Waals surface area (Å²) in [4.78, 5) is 3.99. The second-order valence-corrected chi connectivity index (χ2v) is 6.50. The van der Waals surface area contributed by atoms with Gasteiger partial charge in [-0.15, -0.1) is 0 Å². The Hall–Kier alpha value is -0.520. The van der Waals surface area contributed by atoms with Crippen LogP contribution in [0.4, 0.5) is 5.82 Å². The Morgan fingerprint density at radius 2 is 2.12 bits per heavy atom. The van der Waals surface area contributed by atoms with Crippen molar-refractivity contribution in [2.75, 3.05) is 23.9 Å². The molecule has 0 saturated heterocycles. The number of aromatic nitrogens is 1. The molecule has 0 aliphatic rings. The van der Waals surface area contributed by atoms with Crippen LogP contribution in [0.15, 0.2) is 12.3 Å². The highest BCUT2D eigenvalue weighted by molar-refractivity contribution is 7.90. The van der Waals surface area contributed by atoms with E-state index in [1.54, 1.807) is 6.07 Å². The minimum Gasteiger partial charge on any atom is -0.369 e. The summed E-state index contributed by atoms with van der Waals surface area (Å²) < 4.78 is 21.7. The fourth-order valence-electron chi connectivity index (χ4n) is 1.09. The van der Waals surface area contributed by atoms with Gasteiger partial charge >= 0.3 is 0 Å². The van der Waals surface area contributed by atoms with E-state index in [4.69, 9.17) is 23.2 Å². The van der Waals surface area contributed by atoms with Crippen LogP contribution in [-0.2, 0) is 9.84 Å².